The van der Waals surface area contributed by atoms with Gasteiger partial charge in [-0.05, 0) is 12.1 Å². The number of aromatic carboxylic acids is 1. The lowest BCUT2D eigenvalue weighted by Gasteiger charge is -2.02. The molecule has 2 heterocycles. The predicted octanol–water partition coefficient (Wildman–Crippen LogP) is 2.53. The molecule has 0 amide bonds. The van der Waals surface area contributed by atoms with Crippen LogP contribution in [0.2, 0.25) is 0 Å². The van der Waals surface area contributed by atoms with E-state index >= 15 is 0 Å². The fraction of sp³-hybridized carbons (Fsp3) is 0.0909. The van der Waals surface area contributed by atoms with Crippen LogP contribution in [0.1, 0.15) is 10.5 Å². The maximum absolute atomic E-state index is 10.8. The molecule has 0 bridgehead atoms. The van der Waals surface area contributed by atoms with E-state index in [0.717, 1.165) is 4.47 Å². The molecule has 1 aromatic carbocycles. The topological polar surface area (TPSA) is 81.8 Å². The summed E-state index contributed by atoms with van der Waals surface area (Å²) in [5.41, 5.74) is 0.439. The van der Waals surface area contributed by atoms with Crippen molar-refractivity contribution in [2.24, 2.45) is 0 Å². The average molecular weight is 312 g/mol. The standard InChI is InChI=1S/C11H6BrNO5/c12-5-1-6(10-9(2-5)16-4-17-10)8-3-7(11(14)15)13-18-8/h1-3H,4H2,(H,14,15). The average Bonchev–Trinajstić information content (AvgIpc) is 2.95. The highest BCUT2D eigenvalue weighted by Gasteiger charge is 2.23. The lowest BCUT2D eigenvalue weighted by molar-refractivity contribution is 0.0686. The Morgan fingerprint density at radius 2 is 2.17 bits per heavy atom. The molecule has 1 aliphatic heterocycles. The molecule has 92 valence electrons. The summed E-state index contributed by atoms with van der Waals surface area (Å²) < 4.78 is 16.4. The van der Waals surface area contributed by atoms with Crippen molar-refractivity contribution >= 4 is 21.9 Å². The molecule has 0 fully saturated rings. The quantitative estimate of drug-likeness (QED) is 0.917. The first-order valence-corrected chi connectivity index (χ1v) is 5.74. The SMILES string of the molecule is O=C(O)c1cc(-c2cc(Br)cc3c2OCO3)on1. The highest BCUT2D eigenvalue weighted by Crippen LogP contribution is 2.43. The van der Waals surface area contributed by atoms with Crippen molar-refractivity contribution in [1.82, 2.24) is 5.16 Å². The van der Waals surface area contributed by atoms with Crippen molar-refractivity contribution < 1.29 is 23.9 Å². The van der Waals surface area contributed by atoms with E-state index in [2.05, 4.69) is 21.1 Å². The smallest absolute Gasteiger partial charge is 0.358 e. The van der Waals surface area contributed by atoms with Gasteiger partial charge in [-0.3, -0.25) is 0 Å². The third-order valence-electron chi connectivity index (χ3n) is 2.43. The van der Waals surface area contributed by atoms with E-state index in [1.165, 1.54) is 6.07 Å². The minimum atomic E-state index is -1.14. The zero-order valence-corrected chi connectivity index (χ0v) is 10.4. The molecule has 7 heteroatoms. The van der Waals surface area contributed by atoms with Gasteiger partial charge in [0.25, 0.3) is 0 Å². The molecule has 2 aromatic rings. The largest absolute Gasteiger partial charge is 0.476 e. The summed E-state index contributed by atoms with van der Waals surface area (Å²) in [4.78, 5) is 10.8. The van der Waals surface area contributed by atoms with Crippen LogP contribution in [0, 0.1) is 0 Å². The molecule has 0 aliphatic carbocycles. The van der Waals surface area contributed by atoms with Crippen molar-refractivity contribution in [2.45, 2.75) is 0 Å². The third-order valence-corrected chi connectivity index (χ3v) is 2.89. The molecule has 1 aromatic heterocycles. The molecule has 0 saturated carbocycles. The minimum absolute atomic E-state index is 0.124. The van der Waals surface area contributed by atoms with E-state index in [0.29, 0.717) is 22.8 Å². The lowest BCUT2D eigenvalue weighted by Crippen LogP contribution is -1.94. The zero-order chi connectivity index (χ0) is 12.7. The Balaban J connectivity index is 2.13. The van der Waals surface area contributed by atoms with Gasteiger partial charge >= 0.3 is 5.97 Å². The van der Waals surface area contributed by atoms with Gasteiger partial charge in [0.05, 0.1) is 5.56 Å². The number of aromatic nitrogens is 1. The van der Waals surface area contributed by atoms with Gasteiger partial charge < -0.3 is 19.1 Å². The van der Waals surface area contributed by atoms with Gasteiger partial charge in [-0.2, -0.15) is 0 Å². The minimum Gasteiger partial charge on any atom is -0.476 e. The van der Waals surface area contributed by atoms with E-state index in [9.17, 15) is 4.79 Å². The number of carboxylic acid groups (broad SMARTS) is 1. The van der Waals surface area contributed by atoms with Gasteiger partial charge in [0.15, 0.2) is 23.0 Å². The van der Waals surface area contributed by atoms with Crippen LogP contribution in [0.3, 0.4) is 0 Å². The second-order valence-electron chi connectivity index (χ2n) is 3.57. The van der Waals surface area contributed by atoms with Crippen LogP contribution in [-0.2, 0) is 0 Å². The fourth-order valence-electron chi connectivity index (χ4n) is 1.66. The molecule has 0 unspecified atom stereocenters. The Hall–Kier alpha value is -2.02. The summed E-state index contributed by atoms with van der Waals surface area (Å²) in [6.07, 6.45) is 0. The highest BCUT2D eigenvalue weighted by atomic mass is 79.9. The summed E-state index contributed by atoms with van der Waals surface area (Å²) in [5.74, 6) is 0.267. The van der Waals surface area contributed by atoms with Crippen LogP contribution in [-0.4, -0.2) is 23.0 Å². The number of halogens is 1. The Morgan fingerprint density at radius 3 is 2.89 bits per heavy atom. The number of hydrogen-bond donors (Lipinski definition) is 1. The van der Waals surface area contributed by atoms with Gasteiger partial charge in [-0.25, -0.2) is 4.79 Å². The van der Waals surface area contributed by atoms with E-state index < -0.39 is 5.97 Å². The second-order valence-corrected chi connectivity index (χ2v) is 4.48. The molecule has 0 radical (unpaired) electrons. The molecule has 0 saturated heterocycles. The van der Waals surface area contributed by atoms with Gasteiger partial charge in [-0.15, -0.1) is 0 Å². The molecular weight excluding hydrogens is 306 g/mol. The van der Waals surface area contributed by atoms with Crippen LogP contribution < -0.4 is 9.47 Å². The van der Waals surface area contributed by atoms with E-state index in [1.807, 2.05) is 0 Å². The summed E-state index contributed by atoms with van der Waals surface area (Å²) in [7, 11) is 0. The van der Waals surface area contributed by atoms with Crippen LogP contribution in [0.15, 0.2) is 27.2 Å². The van der Waals surface area contributed by atoms with Crippen LogP contribution in [0.4, 0.5) is 0 Å². The summed E-state index contributed by atoms with van der Waals surface area (Å²) in [6.45, 7) is 0.124. The first kappa shape index (κ1) is 11.1. The molecule has 3 rings (SSSR count). The van der Waals surface area contributed by atoms with Crippen molar-refractivity contribution in [3.63, 3.8) is 0 Å². The van der Waals surface area contributed by atoms with Crippen LogP contribution in [0.5, 0.6) is 11.5 Å². The van der Waals surface area contributed by atoms with Gasteiger partial charge in [0, 0.05) is 10.5 Å². The Kier molecular flexibility index (Phi) is 2.48. The molecule has 18 heavy (non-hydrogen) atoms. The third kappa shape index (κ3) is 1.72. The van der Waals surface area contributed by atoms with Gasteiger partial charge in [0.2, 0.25) is 6.79 Å². The van der Waals surface area contributed by atoms with E-state index in [4.69, 9.17) is 19.1 Å². The number of carboxylic acids is 1. The summed E-state index contributed by atoms with van der Waals surface area (Å²) in [5, 5.41) is 12.3. The summed E-state index contributed by atoms with van der Waals surface area (Å²) in [6, 6.07) is 4.85. The first-order chi connectivity index (χ1) is 8.65. The number of rotatable bonds is 2. The van der Waals surface area contributed by atoms with Crippen LogP contribution in [0.25, 0.3) is 11.3 Å². The van der Waals surface area contributed by atoms with Crippen molar-refractivity contribution in [3.05, 3.63) is 28.4 Å². The van der Waals surface area contributed by atoms with Crippen molar-refractivity contribution in [1.29, 1.82) is 0 Å². The maximum Gasteiger partial charge on any atom is 0.358 e. The lowest BCUT2D eigenvalue weighted by atomic mass is 10.1. The number of nitrogens with zero attached hydrogens (tertiary/aromatic N) is 1. The number of ether oxygens (including phenoxy) is 2. The Labute approximate surface area is 109 Å². The highest BCUT2D eigenvalue weighted by molar-refractivity contribution is 9.10. The Morgan fingerprint density at radius 1 is 1.33 bits per heavy atom. The van der Waals surface area contributed by atoms with Crippen molar-refractivity contribution in [2.75, 3.05) is 6.79 Å². The summed E-state index contributed by atoms with van der Waals surface area (Å²) >= 11 is 3.33. The van der Waals surface area contributed by atoms with Gasteiger partial charge in [-0.1, -0.05) is 21.1 Å². The van der Waals surface area contributed by atoms with Crippen LogP contribution >= 0.6 is 15.9 Å². The number of benzene rings is 1. The molecule has 1 aliphatic rings. The number of hydrogen-bond acceptors (Lipinski definition) is 5. The molecule has 0 atom stereocenters. The normalized spacial score (nSPS) is 12.7. The first-order valence-electron chi connectivity index (χ1n) is 4.94. The molecule has 1 N–H and O–H groups in total. The molecular formula is C11H6BrNO5. The fourth-order valence-corrected chi connectivity index (χ4v) is 2.10. The van der Waals surface area contributed by atoms with Gasteiger partial charge in [0.1, 0.15) is 0 Å². The number of fused-ring (bicyclic) bond motifs is 1. The van der Waals surface area contributed by atoms with E-state index in [1.54, 1.807) is 12.1 Å². The molecule has 0 spiro atoms. The zero-order valence-electron chi connectivity index (χ0n) is 8.84. The Bertz CT molecular complexity index is 636. The molecule has 6 nitrogen and oxygen atoms in total. The van der Waals surface area contributed by atoms with E-state index in [-0.39, 0.29) is 12.5 Å². The number of carbonyl (C=O) groups is 1. The van der Waals surface area contributed by atoms with Crippen molar-refractivity contribution in [3.8, 4) is 22.8 Å². The monoisotopic (exact) mass is 311 g/mol. The maximum atomic E-state index is 10.8. The second kappa shape index (κ2) is 4.02. The predicted molar refractivity (Wildman–Crippen MR) is 62.7 cm³/mol.